The molecule has 4 nitrogen and oxygen atoms in total. The first-order chi connectivity index (χ1) is 12.6. The van der Waals surface area contributed by atoms with E-state index in [4.69, 9.17) is 11.6 Å². The number of rotatable bonds is 3. The van der Waals surface area contributed by atoms with Gasteiger partial charge in [-0.25, -0.2) is 0 Å². The van der Waals surface area contributed by atoms with Crippen LogP contribution in [-0.4, -0.2) is 40.5 Å². The first-order valence-corrected chi connectivity index (χ1v) is 10.6. The molecule has 6 heteroatoms. The van der Waals surface area contributed by atoms with Crippen LogP contribution >= 0.6 is 23.4 Å². The van der Waals surface area contributed by atoms with Gasteiger partial charge in [-0.15, -0.1) is 0 Å². The molecule has 0 spiro atoms. The summed E-state index contributed by atoms with van der Waals surface area (Å²) < 4.78 is 1.93. The number of fused-ring (bicyclic) bond motifs is 4. The Kier molecular flexibility index (Phi) is 4.84. The zero-order chi connectivity index (χ0) is 18.3. The third-order valence-corrected chi connectivity index (χ3v) is 6.17. The molecule has 2 aromatic rings. The molecule has 0 N–H and O–H groups in total. The van der Waals surface area contributed by atoms with E-state index in [9.17, 15) is 9.59 Å². The predicted octanol–water partition coefficient (Wildman–Crippen LogP) is 3.48. The second-order valence-electron chi connectivity index (χ2n) is 7.12. The van der Waals surface area contributed by atoms with Crippen LogP contribution in [0.25, 0.3) is 11.1 Å². The van der Waals surface area contributed by atoms with Gasteiger partial charge in [0.25, 0.3) is 5.56 Å². The van der Waals surface area contributed by atoms with Gasteiger partial charge >= 0.3 is 0 Å². The number of carbonyl (C=O) groups is 1. The lowest BCUT2D eigenvalue weighted by Gasteiger charge is -2.43. The monoisotopic (exact) mass is 388 g/mol. The molecule has 26 heavy (non-hydrogen) atoms. The second-order valence-corrected chi connectivity index (χ2v) is 8.43. The van der Waals surface area contributed by atoms with Crippen molar-refractivity contribution in [3.63, 3.8) is 0 Å². The van der Waals surface area contributed by atoms with Crippen LogP contribution in [0, 0.1) is 5.92 Å². The predicted molar refractivity (Wildman–Crippen MR) is 107 cm³/mol. The van der Waals surface area contributed by atoms with E-state index < -0.39 is 0 Å². The number of nitrogens with zero attached hydrogens (tertiary/aromatic N) is 2. The van der Waals surface area contributed by atoms with Gasteiger partial charge in [0.2, 0.25) is 5.91 Å². The molecule has 2 aliphatic heterocycles. The minimum Gasteiger partial charge on any atom is -0.341 e. The van der Waals surface area contributed by atoms with E-state index in [1.807, 2.05) is 46.1 Å². The highest BCUT2D eigenvalue weighted by Gasteiger charge is 2.36. The molecule has 1 aromatic carbocycles. The van der Waals surface area contributed by atoms with Gasteiger partial charge in [0.15, 0.2) is 0 Å². The average Bonchev–Trinajstić information content (AvgIpc) is 2.63. The number of carbonyl (C=O) groups excluding carboxylic acids is 1. The van der Waals surface area contributed by atoms with E-state index in [1.54, 1.807) is 11.8 Å². The molecule has 2 atom stereocenters. The van der Waals surface area contributed by atoms with E-state index in [0.717, 1.165) is 30.8 Å². The summed E-state index contributed by atoms with van der Waals surface area (Å²) in [5.74, 6) is 1.34. The van der Waals surface area contributed by atoms with Crippen LogP contribution in [-0.2, 0) is 11.3 Å². The average molecular weight is 389 g/mol. The van der Waals surface area contributed by atoms with Crippen molar-refractivity contribution in [3.8, 4) is 11.1 Å². The summed E-state index contributed by atoms with van der Waals surface area (Å²) in [5.41, 5.74) is 2.72. The Labute approximate surface area is 162 Å². The first kappa shape index (κ1) is 17.7. The fourth-order valence-electron chi connectivity index (χ4n) is 4.21. The molecule has 0 radical (unpaired) electrons. The van der Waals surface area contributed by atoms with Gasteiger partial charge in [0.05, 0.1) is 5.75 Å². The Morgan fingerprint density at radius 2 is 1.92 bits per heavy atom. The normalized spacial score (nSPS) is 21.4. The summed E-state index contributed by atoms with van der Waals surface area (Å²) in [4.78, 5) is 27.4. The molecule has 4 rings (SSSR count). The van der Waals surface area contributed by atoms with Gasteiger partial charge in [0.1, 0.15) is 0 Å². The molecule has 1 fully saturated rings. The third-order valence-electron chi connectivity index (χ3n) is 5.38. The van der Waals surface area contributed by atoms with Crippen molar-refractivity contribution in [1.29, 1.82) is 0 Å². The van der Waals surface area contributed by atoms with Crippen molar-refractivity contribution in [2.75, 3.05) is 25.1 Å². The van der Waals surface area contributed by atoms with Crippen molar-refractivity contribution in [1.82, 2.24) is 9.47 Å². The van der Waals surface area contributed by atoms with Gasteiger partial charge in [-0.2, -0.15) is 11.8 Å². The fourth-order valence-corrected chi connectivity index (χ4v) is 4.77. The molecular weight excluding hydrogens is 368 g/mol. The van der Waals surface area contributed by atoms with Gasteiger partial charge in [-0.1, -0.05) is 23.7 Å². The highest BCUT2D eigenvalue weighted by molar-refractivity contribution is 7.99. The molecule has 0 unspecified atom stereocenters. The second kappa shape index (κ2) is 7.12. The molecule has 1 amide bonds. The van der Waals surface area contributed by atoms with E-state index >= 15 is 0 Å². The van der Waals surface area contributed by atoms with E-state index in [1.165, 1.54) is 0 Å². The zero-order valence-corrected chi connectivity index (χ0v) is 16.2. The van der Waals surface area contributed by atoms with E-state index in [0.29, 0.717) is 28.8 Å². The summed E-state index contributed by atoms with van der Waals surface area (Å²) in [6.07, 6.45) is 3.01. The number of aromatic nitrogens is 1. The summed E-state index contributed by atoms with van der Waals surface area (Å²) in [6.45, 7) is 2.16. The maximum absolute atomic E-state index is 13.1. The number of hydrogen-bond donors (Lipinski definition) is 0. The van der Waals surface area contributed by atoms with Crippen molar-refractivity contribution in [2.24, 2.45) is 5.92 Å². The third kappa shape index (κ3) is 3.19. The van der Waals surface area contributed by atoms with Crippen LogP contribution in [0.2, 0.25) is 5.02 Å². The Balaban J connectivity index is 1.67. The summed E-state index contributed by atoms with van der Waals surface area (Å²) in [7, 11) is 0. The standard InChI is InChI=1S/C20H21ClN2O2S/c1-26-12-19(24)22-9-13-8-15(11-22)18-7-6-17(20(25)23(18)10-13)14-2-4-16(21)5-3-14/h2-7,13,15H,8-12H2,1H3/t13-,15-/m1/s1. The number of thioether (sulfide) groups is 1. The van der Waals surface area contributed by atoms with Crippen LogP contribution < -0.4 is 5.56 Å². The lowest BCUT2D eigenvalue weighted by atomic mass is 9.82. The van der Waals surface area contributed by atoms with Crippen molar-refractivity contribution < 1.29 is 4.79 Å². The van der Waals surface area contributed by atoms with E-state index in [-0.39, 0.29) is 17.4 Å². The number of pyridine rings is 1. The molecular formula is C20H21ClN2O2S. The minimum atomic E-state index is 0.0587. The van der Waals surface area contributed by atoms with Crippen LogP contribution in [0.15, 0.2) is 41.2 Å². The smallest absolute Gasteiger partial charge is 0.258 e. The molecule has 3 heterocycles. The number of benzene rings is 1. The van der Waals surface area contributed by atoms with Crippen molar-refractivity contribution >= 4 is 29.3 Å². The van der Waals surface area contributed by atoms with Crippen LogP contribution in [0.5, 0.6) is 0 Å². The van der Waals surface area contributed by atoms with Gasteiger partial charge in [0, 0.05) is 41.8 Å². The minimum absolute atomic E-state index is 0.0587. The highest BCUT2D eigenvalue weighted by Crippen LogP contribution is 2.36. The summed E-state index contributed by atoms with van der Waals surface area (Å²) >= 11 is 7.53. The van der Waals surface area contributed by atoms with Gasteiger partial charge in [-0.3, -0.25) is 9.59 Å². The SMILES string of the molecule is CSCC(=O)N1C[C@H]2C[C@H](C1)c1ccc(-c3ccc(Cl)cc3)c(=O)n1C2. The Bertz CT molecular complexity index is 894. The van der Waals surface area contributed by atoms with Crippen LogP contribution in [0.1, 0.15) is 18.0 Å². The number of amides is 1. The molecule has 1 aromatic heterocycles. The lowest BCUT2D eigenvalue weighted by Crippen LogP contribution is -2.49. The Morgan fingerprint density at radius 1 is 1.15 bits per heavy atom. The number of piperidine rings is 1. The molecule has 0 aliphatic carbocycles. The zero-order valence-electron chi connectivity index (χ0n) is 14.7. The van der Waals surface area contributed by atoms with Gasteiger partial charge < -0.3 is 9.47 Å². The highest BCUT2D eigenvalue weighted by atomic mass is 35.5. The number of likely N-dealkylation sites (tertiary alicyclic amines) is 1. The lowest BCUT2D eigenvalue weighted by molar-refractivity contribution is -0.131. The largest absolute Gasteiger partial charge is 0.341 e. The first-order valence-electron chi connectivity index (χ1n) is 8.83. The van der Waals surface area contributed by atoms with Crippen LogP contribution in [0.3, 0.4) is 0 Å². The maximum atomic E-state index is 13.1. The topological polar surface area (TPSA) is 42.3 Å². The van der Waals surface area contributed by atoms with Crippen molar-refractivity contribution in [3.05, 3.63) is 57.5 Å². The summed E-state index contributed by atoms with van der Waals surface area (Å²) in [6, 6.07) is 11.4. The van der Waals surface area contributed by atoms with Crippen molar-refractivity contribution in [2.45, 2.75) is 18.9 Å². The number of halogens is 1. The number of hydrogen-bond acceptors (Lipinski definition) is 3. The fraction of sp³-hybridized carbons (Fsp3) is 0.400. The van der Waals surface area contributed by atoms with Crippen LogP contribution in [0.4, 0.5) is 0 Å². The molecule has 1 saturated heterocycles. The molecule has 0 saturated carbocycles. The quantitative estimate of drug-likeness (QED) is 0.808. The molecule has 136 valence electrons. The van der Waals surface area contributed by atoms with E-state index in [2.05, 4.69) is 6.07 Å². The Hall–Kier alpha value is -1.72. The molecule has 2 bridgehead atoms. The van der Waals surface area contributed by atoms with Gasteiger partial charge in [-0.05, 0) is 48.4 Å². The Morgan fingerprint density at radius 3 is 2.65 bits per heavy atom. The maximum Gasteiger partial charge on any atom is 0.258 e. The molecule has 2 aliphatic rings. The summed E-state index contributed by atoms with van der Waals surface area (Å²) in [5, 5.41) is 0.663.